The Hall–Kier alpha value is -3.73. The lowest BCUT2D eigenvalue weighted by atomic mass is 10.0. The van der Waals surface area contributed by atoms with E-state index in [1.165, 1.54) is 0 Å². The molecule has 0 spiro atoms. The Balaban J connectivity index is 1.73. The van der Waals surface area contributed by atoms with Gasteiger partial charge in [0.15, 0.2) is 0 Å². The summed E-state index contributed by atoms with van der Waals surface area (Å²) in [4.78, 5) is 20.6. The second kappa shape index (κ2) is 7.25. The molecule has 0 unspecified atom stereocenters. The maximum absolute atomic E-state index is 12.9. The molecule has 132 valence electrons. The fraction of sp³-hybridized carbons (Fsp3) is 0.0455. The summed E-state index contributed by atoms with van der Waals surface area (Å²) in [7, 11) is 0. The third-order valence-electron chi connectivity index (χ3n) is 4.34. The summed E-state index contributed by atoms with van der Waals surface area (Å²) in [6, 6.07) is 23.0. The summed E-state index contributed by atoms with van der Waals surface area (Å²) in [6.07, 6.45) is 1.82. The van der Waals surface area contributed by atoms with Crippen molar-refractivity contribution in [3.05, 3.63) is 90.3 Å². The minimum atomic E-state index is -0.267. The molecule has 0 fully saturated rings. The van der Waals surface area contributed by atoms with Crippen LogP contribution in [0, 0.1) is 0 Å². The monoisotopic (exact) mass is 354 g/mol. The molecule has 2 heterocycles. The van der Waals surface area contributed by atoms with Gasteiger partial charge in [-0.2, -0.15) is 5.10 Å². The van der Waals surface area contributed by atoms with E-state index < -0.39 is 0 Å². The van der Waals surface area contributed by atoms with E-state index >= 15 is 0 Å². The van der Waals surface area contributed by atoms with Gasteiger partial charge in [-0.1, -0.05) is 48.5 Å². The van der Waals surface area contributed by atoms with Crippen LogP contribution in [0.3, 0.4) is 0 Å². The Morgan fingerprint density at radius 3 is 2.56 bits per heavy atom. The van der Waals surface area contributed by atoms with Gasteiger partial charge in [0.25, 0.3) is 5.91 Å². The molecule has 5 heteroatoms. The van der Waals surface area contributed by atoms with Crippen LogP contribution in [0.4, 0.5) is 0 Å². The average molecular weight is 354 g/mol. The second-order valence-corrected chi connectivity index (χ2v) is 6.16. The molecule has 0 saturated carbocycles. The first kappa shape index (κ1) is 16.7. The molecule has 0 aliphatic carbocycles. The molecule has 1 amide bonds. The summed E-state index contributed by atoms with van der Waals surface area (Å²) in [5, 5.41) is 5.01. The van der Waals surface area contributed by atoms with E-state index in [1.54, 1.807) is 0 Å². The van der Waals surface area contributed by atoms with Crippen LogP contribution in [0.2, 0.25) is 0 Å². The van der Waals surface area contributed by atoms with Gasteiger partial charge >= 0.3 is 0 Å². The fourth-order valence-corrected chi connectivity index (χ4v) is 2.93. The number of carbonyl (C=O) groups excluding carboxylic acids is 1. The van der Waals surface area contributed by atoms with Gasteiger partial charge in [0.05, 0.1) is 28.2 Å². The van der Waals surface area contributed by atoms with Crippen LogP contribution in [0.15, 0.2) is 84.1 Å². The van der Waals surface area contributed by atoms with Gasteiger partial charge in [-0.25, -0.2) is 10.4 Å². The van der Waals surface area contributed by atoms with Crippen molar-refractivity contribution in [1.82, 2.24) is 15.4 Å². The van der Waals surface area contributed by atoms with Crippen LogP contribution in [-0.4, -0.2) is 21.6 Å². The van der Waals surface area contributed by atoms with Crippen LogP contribution < -0.4 is 5.43 Å². The zero-order chi connectivity index (χ0) is 18.6. The third-order valence-corrected chi connectivity index (χ3v) is 4.34. The van der Waals surface area contributed by atoms with Crippen molar-refractivity contribution >= 4 is 22.5 Å². The molecule has 2 N–H and O–H groups in total. The Morgan fingerprint density at radius 2 is 1.78 bits per heavy atom. The lowest BCUT2D eigenvalue weighted by Gasteiger charge is -2.09. The van der Waals surface area contributed by atoms with Gasteiger partial charge < -0.3 is 4.98 Å². The Morgan fingerprint density at radius 1 is 1.00 bits per heavy atom. The molecule has 2 aromatic heterocycles. The number of amides is 1. The zero-order valence-electron chi connectivity index (χ0n) is 14.8. The molecule has 0 aliphatic heterocycles. The van der Waals surface area contributed by atoms with Crippen LogP contribution >= 0.6 is 0 Å². The summed E-state index contributed by atoms with van der Waals surface area (Å²) >= 11 is 0. The molecule has 0 aliphatic rings. The quantitative estimate of drug-likeness (QED) is 0.422. The number of hydrogen-bond acceptors (Lipinski definition) is 3. The normalized spacial score (nSPS) is 11.5. The first-order chi connectivity index (χ1) is 13.2. The number of carbonyl (C=O) groups is 1. The number of nitrogens with one attached hydrogen (secondary N) is 2. The van der Waals surface area contributed by atoms with Gasteiger partial charge in [-0.15, -0.1) is 0 Å². The predicted molar refractivity (Wildman–Crippen MR) is 108 cm³/mol. The minimum absolute atomic E-state index is 0.267. The molecule has 2 aromatic carbocycles. The summed E-state index contributed by atoms with van der Waals surface area (Å²) in [6.45, 7) is 1.84. The standard InChI is InChI=1S/C22H18N4O/c1-15(19-12-7-13-23-19)25-26-22(27)18-14-21(16-8-3-2-4-9-16)24-20-11-6-5-10-17(18)20/h2-14,23H,1H3,(H,26,27)/b25-15+. The van der Waals surface area contributed by atoms with Crippen LogP contribution in [0.5, 0.6) is 0 Å². The second-order valence-electron chi connectivity index (χ2n) is 6.16. The summed E-state index contributed by atoms with van der Waals surface area (Å²) < 4.78 is 0. The number of fused-ring (bicyclic) bond motifs is 1. The number of para-hydroxylation sites is 1. The number of rotatable bonds is 4. The minimum Gasteiger partial charge on any atom is -0.360 e. The number of hydrogen-bond donors (Lipinski definition) is 2. The molecular weight excluding hydrogens is 336 g/mol. The first-order valence-electron chi connectivity index (χ1n) is 8.66. The smallest absolute Gasteiger partial charge is 0.272 e. The van der Waals surface area contributed by atoms with E-state index in [2.05, 4.69) is 15.5 Å². The van der Waals surface area contributed by atoms with Crippen molar-refractivity contribution in [3.8, 4) is 11.3 Å². The average Bonchev–Trinajstić information content (AvgIpc) is 3.26. The van der Waals surface area contributed by atoms with Crippen LogP contribution in [0.25, 0.3) is 22.2 Å². The third kappa shape index (κ3) is 3.48. The van der Waals surface area contributed by atoms with Gasteiger partial charge in [0, 0.05) is 17.1 Å². The molecule has 4 aromatic rings. The molecule has 5 nitrogen and oxygen atoms in total. The Kier molecular flexibility index (Phi) is 4.49. The van der Waals surface area contributed by atoms with Crippen molar-refractivity contribution in [2.75, 3.05) is 0 Å². The lowest BCUT2D eigenvalue weighted by molar-refractivity contribution is 0.0956. The number of aromatic nitrogens is 2. The fourth-order valence-electron chi connectivity index (χ4n) is 2.93. The van der Waals surface area contributed by atoms with E-state index in [-0.39, 0.29) is 5.91 Å². The Bertz CT molecular complexity index is 1120. The van der Waals surface area contributed by atoms with E-state index in [4.69, 9.17) is 4.98 Å². The number of H-pyrrole nitrogens is 1. The Labute approximate surface area is 156 Å². The highest BCUT2D eigenvalue weighted by Crippen LogP contribution is 2.24. The van der Waals surface area contributed by atoms with E-state index in [9.17, 15) is 4.79 Å². The van der Waals surface area contributed by atoms with E-state index in [0.717, 1.165) is 27.9 Å². The van der Waals surface area contributed by atoms with Crippen molar-refractivity contribution in [1.29, 1.82) is 0 Å². The topological polar surface area (TPSA) is 70.1 Å². The largest absolute Gasteiger partial charge is 0.360 e. The van der Waals surface area contributed by atoms with Gasteiger partial charge in [-0.3, -0.25) is 4.79 Å². The highest BCUT2D eigenvalue weighted by atomic mass is 16.2. The maximum atomic E-state index is 12.9. The van der Waals surface area contributed by atoms with E-state index in [1.807, 2.05) is 85.9 Å². The number of pyridine rings is 1. The maximum Gasteiger partial charge on any atom is 0.272 e. The predicted octanol–water partition coefficient (Wildman–Crippen LogP) is 4.38. The van der Waals surface area contributed by atoms with E-state index in [0.29, 0.717) is 11.3 Å². The van der Waals surface area contributed by atoms with Crippen LogP contribution in [-0.2, 0) is 0 Å². The first-order valence-corrected chi connectivity index (χ1v) is 8.66. The van der Waals surface area contributed by atoms with Crippen LogP contribution in [0.1, 0.15) is 23.0 Å². The highest BCUT2D eigenvalue weighted by Gasteiger charge is 2.13. The van der Waals surface area contributed by atoms with Crippen molar-refractivity contribution in [3.63, 3.8) is 0 Å². The zero-order valence-corrected chi connectivity index (χ0v) is 14.8. The molecule has 4 rings (SSSR count). The number of nitrogens with zero attached hydrogens (tertiary/aromatic N) is 2. The van der Waals surface area contributed by atoms with Gasteiger partial charge in [-0.05, 0) is 31.2 Å². The summed E-state index contributed by atoms with van der Waals surface area (Å²) in [5.74, 6) is -0.267. The molecular formula is C22H18N4O. The highest BCUT2D eigenvalue weighted by molar-refractivity contribution is 6.08. The lowest BCUT2D eigenvalue weighted by Crippen LogP contribution is -2.20. The molecule has 0 bridgehead atoms. The van der Waals surface area contributed by atoms with Crippen molar-refractivity contribution in [2.24, 2.45) is 5.10 Å². The van der Waals surface area contributed by atoms with Crippen molar-refractivity contribution in [2.45, 2.75) is 6.92 Å². The number of benzene rings is 2. The number of aromatic amines is 1. The molecule has 0 atom stereocenters. The number of hydrazone groups is 1. The van der Waals surface area contributed by atoms with Gasteiger partial charge in [0.1, 0.15) is 0 Å². The molecule has 0 saturated heterocycles. The molecule has 27 heavy (non-hydrogen) atoms. The summed E-state index contributed by atoms with van der Waals surface area (Å²) in [5.41, 5.74) is 7.26. The van der Waals surface area contributed by atoms with Crippen molar-refractivity contribution < 1.29 is 4.79 Å². The SMILES string of the molecule is C/C(=N\NC(=O)c1cc(-c2ccccc2)nc2ccccc12)c1ccc[nH]1. The molecule has 0 radical (unpaired) electrons. The van der Waals surface area contributed by atoms with Gasteiger partial charge in [0.2, 0.25) is 0 Å².